The van der Waals surface area contributed by atoms with Gasteiger partial charge in [-0.2, -0.15) is 0 Å². The quantitative estimate of drug-likeness (QED) is 0.686. The molecular weight excluding hydrogens is 278 g/mol. The van der Waals surface area contributed by atoms with Gasteiger partial charge in [0.2, 0.25) is 0 Å². The van der Waals surface area contributed by atoms with E-state index in [1.807, 2.05) is 19.1 Å². The fraction of sp³-hybridized carbons (Fsp3) is 0.357. The number of nitrogens with one attached hydrogen (secondary N) is 1. The molecule has 1 rings (SSSR count). The van der Waals surface area contributed by atoms with Crippen LogP contribution in [0.1, 0.15) is 18.9 Å². The molecule has 0 aliphatic carbocycles. The van der Waals surface area contributed by atoms with E-state index in [9.17, 15) is 14.4 Å². The van der Waals surface area contributed by atoms with Gasteiger partial charge in [0.1, 0.15) is 11.8 Å². The lowest BCUT2D eigenvalue weighted by Gasteiger charge is -2.18. The number of hydrogen-bond donors (Lipinski definition) is 3. The first-order chi connectivity index (χ1) is 9.79. The number of benzene rings is 1. The van der Waals surface area contributed by atoms with Crippen molar-refractivity contribution in [2.24, 2.45) is 0 Å². The van der Waals surface area contributed by atoms with Crippen LogP contribution in [0.5, 0.6) is 5.75 Å². The minimum atomic E-state index is -1.49. The van der Waals surface area contributed by atoms with Crippen molar-refractivity contribution in [2.75, 3.05) is 0 Å². The predicted molar refractivity (Wildman–Crippen MR) is 73.1 cm³/mol. The highest BCUT2D eigenvalue weighted by Crippen LogP contribution is 2.13. The van der Waals surface area contributed by atoms with Crippen molar-refractivity contribution in [3.63, 3.8) is 0 Å². The molecule has 0 aliphatic heterocycles. The number of carbonyl (C=O) groups is 3. The van der Waals surface area contributed by atoms with Crippen LogP contribution in [0.2, 0.25) is 0 Å². The molecule has 7 heteroatoms. The first-order valence-electron chi connectivity index (χ1n) is 6.28. The number of aliphatic carboxylic acids is 2. The van der Waals surface area contributed by atoms with Crippen LogP contribution in [0, 0.1) is 6.92 Å². The molecule has 0 radical (unpaired) electrons. The summed E-state index contributed by atoms with van der Waals surface area (Å²) in [6.45, 7) is 3.36. The Bertz CT molecular complexity index is 525. The fourth-order valence-electron chi connectivity index (χ4n) is 1.54. The molecule has 21 heavy (non-hydrogen) atoms. The van der Waals surface area contributed by atoms with Crippen LogP contribution in [-0.4, -0.2) is 40.2 Å². The first kappa shape index (κ1) is 16.5. The summed E-state index contributed by atoms with van der Waals surface area (Å²) >= 11 is 0. The number of aryl methyl sites for hydroxylation is 1. The summed E-state index contributed by atoms with van der Waals surface area (Å²) in [5, 5.41) is 19.6. The van der Waals surface area contributed by atoms with Gasteiger partial charge in [-0.1, -0.05) is 17.7 Å². The van der Waals surface area contributed by atoms with E-state index in [-0.39, 0.29) is 0 Å². The third kappa shape index (κ3) is 5.52. The summed E-state index contributed by atoms with van der Waals surface area (Å²) in [5.41, 5.74) is 1.03. The maximum Gasteiger partial charge on any atom is 0.326 e. The Morgan fingerprint density at radius 3 is 2.24 bits per heavy atom. The second kappa shape index (κ2) is 7.28. The van der Waals surface area contributed by atoms with Gasteiger partial charge in [-0.15, -0.1) is 0 Å². The summed E-state index contributed by atoms with van der Waals surface area (Å²) in [7, 11) is 0. The van der Waals surface area contributed by atoms with E-state index in [1.54, 1.807) is 12.1 Å². The van der Waals surface area contributed by atoms with Crippen LogP contribution < -0.4 is 10.1 Å². The van der Waals surface area contributed by atoms with Gasteiger partial charge in [0.15, 0.2) is 6.10 Å². The Labute approximate surface area is 121 Å². The van der Waals surface area contributed by atoms with Crippen molar-refractivity contribution in [1.82, 2.24) is 5.32 Å². The summed E-state index contributed by atoms with van der Waals surface area (Å²) in [6, 6.07) is 5.50. The van der Waals surface area contributed by atoms with E-state index in [0.29, 0.717) is 5.75 Å². The molecular formula is C14H17NO6. The topological polar surface area (TPSA) is 113 Å². The third-order valence-corrected chi connectivity index (χ3v) is 2.70. The lowest BCUT2D eigenvalue weighted by molar-refractivity contribution is -0.147. The normalized spacial score (nSPS) is 13.0. The standard InChI is InChI=1S/C14H17NO6/c1-8-3-5-10(6-4-8)21-9(2)13(18)15-11(14(19)20)7-12(16)17/h3-6,9,11H,7H2,1-2H3,(H,15,18)(H,16,17)(H,19,20)/t9?,11-/m1/s1. The van der Waals surface area contributed by atoms with Crippen LogP contribution in [0.4, 0.5) is 0 Å². The number of amides is 1. The van der Waals surface area contributed by atoms with Crippen molar-refractivity contribution < 1.29 is 29.3 Å². The maximum absolute atomic E-state index is 11.8. The van der Waals surface area contributed by atoms with Gasteiger partial charge < -0.3 is 20.3 Å². The highest BCUT2D eigenvalue weighted by molar-refractivity contribution is 5.88. The van der Waals surface area contributed by atoms with E-state index in [4.69, 9.17) is 14.9 Å². The van der Waals surface area contributed by atoms with Gasteiger partial charge in [0.25, 0.3) is 5.91 Å². The van der Waals surface area contributed by atoms with E-state index in [1.165, 1.54) is 6.92 Å². The Morgan fingerprint density at radius 1 is 1.19 bits per heavy atom. The summed E-state index contributed by atoms with van der Waals surface area (Å²) in [5.74, 6) is -2.94. The molecule has 0 heterocycles. The lowest BCUT2D eigenvalue weighted by atomic mass is 10.2. The van der Waals surface area contributed by atoms with Crippen molar-refractivity contribution in [3.05, 3.63) is 29.8 Å². The van der Waals surface area contributed by atoms with Gasteiger partial charge in [-0.25, -0.2) is 4.79 Å². The van der Waals surface area contributed by atoms with Crippen molar-refractivity contribution >= 4 is 17.8 Å². The van der Waals surface area contributed by atoms with Crippen molar-refractivity contribution in [1.29, 1.82) is 0 Å². The third-order valence-electron chi connectivity index (χ3n) is 2.70. The fourth-order valence-corrected chi connectivity index (χ4v) is 1.54. The average Bonchev–Trinajstić information content (AvgIpc) is 2.39. The number of hydrogen-bond acceptors (Lipinski definition) is 4. The predicted octanol–water partition coefficient (Wildman–Crippen LogP) is 0.806. The average molecular weight is 295 g/mol. The molecule has 1 amide bonds. The molecule has 1 unspecified atom stereocenters. The molecule has 1 aromatic rings. The van der Waals surface area contributed by atoms with Crippen LogP contribution >= 0.6 is 0 Å². The highest BCUT2D eigenvalue weighted by Gasteiger charge is 2.26. The lowest BCUT2D eigenvalue weighted by Crippen LogP contribution is -2.47. The zero-order valence-electron chi connectivity index (χ0n) is 11.7. The molecule has 0 bridgehead atoms. The Hall–Kier alpha value is -2.57. The molecule has 0 spiro atoms. The molecule has 114 valence electrons. The number of ether oxygens (including phenoxy) is 1. The zero-order valence-corrected chi connectivity index (χ0v) is 11.7. The molecule has 7 nitrogen and oxygen atoms in total. The van der Waals surface area contributed by atoms with Crippen LogP contribution in [0.15, 0.2) is 24.3 Å². The first-order valence-corrected chi connectivity index (χ1v) is 6.28. The number of carbonyl (C=O) groups excluding carboxylic acids is 1. The van der Waals surface area contributed by atoms with E-state index < -0.39 is 36.4 Å². The van der Waals surface area contributed by atoms with Crippen molar-refractivity contribution in [2.45, 2.75) is 32.4 Å². The minimum absolute atomic E-state index is 0.466. The SMILES string of the molecule is Cc1ccc(OC(C)C(=O)N[C@H](CC(=O)O)C(=O)O)cc1. The highest BCUT2D eigenvalue weighted by atomic mass is 16.5. The molecule has 2 atom stereocenters. The van der Waals surface area contributed by atoms with Crippen LogP contribution in [-0.2, 0) is 14.4 Å². The van der Waals surface area contributed by atoms with Gasteiger partial charge >= 0.3 is 11.9 Å². The second-order valence-corrected chi connectivity index (χ2v) is 4.57. The zero-order chi connectivity index (χ0) is 16.0. The van der Waals surface area contributed by atoms with Crippen LogP contribution in [0.25, 0.3) is 0 Å². The summed E-state index contributed by atoms with van der Waals surface area (Å²) in [6.07, 6.45) is -1.64. The number of carboxylic acid groups (broad SMARTS) is 2. The molecule has 0 fully saturated rings. The van der Waals surface area contributed by atoms with E-state index in [0.717, 1.165) is 5.56 Å². The maximum atomic E-state index is 11.8. The van der Waals surface area contributed by atoms with Crippen LogP contribution in [0.3, 0.4) is 0 Å². The van der Waals surface area contributed by atoms with Gasteiger partial charge in [0.05, 0.1) is 6.42 Å². The molecule has 0 saturated carbocycles. The Balaban J connectivity index is 2.62. The van der Waals surface area contributed by atoms with E-state index in [2.05, 4.69) is 5.32 Å². The minimum Gasteiger partial charge on any atom is -0.481 e. The number of carboxylic acids is 2. The van der Waals surface area contributed by atoms with E-state index >= 15 is 0 Å². The Morgan fingerprint density at radius 2 is 1.76 bits per heavy atom. The molecule has 0 aliphatic rings. The molecule has 1 aromatic carbocycles. The second-order valence-electron chi connectivity index (χ2n) is 4.57. The summed E-state index contributed by atoms with van der Waals surface area (Å²) in [4.78, 5) is 33.2. The Kier molecular flexibility index (Phi) is 5.71. The molecule has 0 aromatic heterocycles. The van der Waals surface area contributed by atoms with Gasteiger partial charge in [-0.05, 0) is 26.0 Å². The smallest absolute Gasteiger partial charge is 0.326 e. The number of rotatable bonds is 7. The van der Waals surface area contributed by atoms with Gasteiger partial charge in [-0.3, -0.25) is 9.59 Å². The largest absolute Gasteiger partial charge is 0.481 e. The van der Waals surface area contributed by atoms with Gasteiger partial charge in [0, 0.05) is 0 Å². The summed E-state index contributed by atoms with van der Waals surface area (Å²) < 4.78 is 5.36. The monoisotopic (exact) mass is 295 g/mol. The van der Waals surface area contributed by atoms with Crippen molar-refractivity contribution in [3.8, 4) is 5.75 Å². The molecule has 3 N–H and O–H groups in total. The molecule has 0 saturated heterocycles.